The number of allylic oxidation sites excluding steroid dienone is 3. The minimum atomic E-state index is -0.576. The number of carbonyl (C=O) groups excluding carboxylic acids is 1. The van der Waals surface area contributed by atoms with Crippen LogP contribution in [0.25, 0.3) is 0 Å². The van der Waals surface area contributed by atoms with Gasteiger partial charge in [-0.3, -0.25) is 4.79 Å². The van der Waals surface area contributed by atoms with Crippen molar-refractivity contribution in [2.45, 2.75) is 12.0 Å². The van der Waals surface area contributed by atoms with Crippen molar-refractivity contribution < 1.29 is 4.79 Å². The van der Waals surface area contributed by atoms with E-state index >= 15 is 0 Å². The van der Waals surface area contributed by atoms with Crippen LogP contribution < -0.4 is 5.32 Å². The molecular formula is C15H12N2O. The molecule has 1 amide bonds. The minimum absolute atomic E-state index is 0.0647. The third-order valence-corrected chi connectivity index (χ3v) is 3.91. The number of hydrogen-bond acceptors (Lipinski definition) is 2. The number of hydrogen-bond donors (Lipinski definition) is 1. The molecule has 0 bridgehead atoms. The second kappa shape index (κ2) is 3.13. The molecule has 18 heavy (non-hydrogen) atoms. The van der Waals surface area contributed by atoms with Gasteiger partial charge in [-0.05, 0) is 18.2 Å². The topological polar surface area (TPSA) is 32.3 Å². The average Bonchev–Trinajstić information content (AvgIpc) is 2.92. The van der Waals surface area contributed by atoms with Crippen molar-refractivity contribution in [2.24, 2.45) is 0 Å². The second-order valence-corrected chi connectivity index (χ2v) is 4.76. The molecular weight excluding hydrogens is 224 g/mol. The summed E-state index contributed by atoms with van der Waals surface area (Å²) >= 11 is 0. The number of anilines is 1. The predicted octanol–water partition coefficient (Wildman–Crippen LogP) is 2.51. The van der Waals surface area contributed by atoms with Gasteiger partial charge in [-0.1, -0.05) is 30.4 Å². The average molecular weight is 236 g/mol. The summed E-state index contributed by atoms with van der Waals surface area (Å²) in [5, 5.41) is 2.99. The number of nitrogens with one attached hydrogen (secondary N) is 1. The van der Waals surface area contributed by atoms with E-state index in [4.69, 9.17) is 0 Å². The van der Waals surface area contributed by atoms with Crippen LogP contribution >= 0.6 is 0 Å². The number of benzene rings is 1. The highest BCUT2D eigenvalue weighted by atomic mass is 16.2. The zero-order valence-electron chi connectivity index (χ0n) is 9.76. The lowest BCUT2D eigenvalue weighted by Gasteiger charge is -2.35. The lowest BCUT2D eigenvalue weighted by Crippen LogP contribution is -2.44. The van der Waals surface area contributed by atoms with Gasteiger partial charge in [0.15, 0.2) is 5.54 Å². The smallest absolute Gasteiger partial charge is 0.255 e. The summed E-state index contributed by atoms with van der Waals surface area (Å²) in [7, 11) is 0. The largest absolute Gasteiger partial charge is 0.329 e. The first-order valence-corrected chi connectivity index (χ1v) is 6.08. The summed E-state index contributed by atoms with van der Waals surface area (Å²) in [4.78, 5) is 14.5. The fourth-order valence-electron chi connectivity index (χ4n) is 3.06. The van der Waals surface area contributed by atoms with E-state index in [1.807, 2.05) is 48.7 Å². The van der Waals surface area contributed by atoms with Crippen molar-refractivity contribution in [3.05, 3.63) is 66.0 Å². The molecule has 3 aliphatic heterocycles. The Labute approximate surface area is 105 Å². The monoisotopic (exact) mass is 236 g/mol. The Hall–Kier alpha value is -2.29. The van der Waals surface area contributed by atoms with Crippen molar-refractivity contribution in [1.29, 1.82) is 0 Å². The Morgan fingerprint density at radius 2 is 2.11 bits per heavy atom. The number of nitrogens with zero attached hydrogens (tertiary/aromatic N) is 1. The summed E-state index contributed by atoms with van der Waals surface area (Å²) in [6, 6.07) is 7.94. The number of carbonyl (C=O) groups is 1. The molecule has 1 atom stereocenters. The van der Waals surface area contributed by atoms with Gasteiger partial charge in [-0.25, -0.2) is 0 Å². The van der Waals surface area contributed by atoms with Crippen molar-refractivity contribution >= 4 is 11.6 Å². The summed E-state index contributed by atoms with van der Waals surface area (Å²) in [5.41, 5.74) is 2.53. The van der Waals surface area contributed by atoms with Gasteiger partial charge in [-0.15, -0.1) is 0 Å². The maximum atomic E-state index is 12.5. The Kier molecular flexibility index (Phi) is 1.69. The third kappa shape index (κ3) is 0.973. The Morgan fingerprint density at radius 1 is 1.22 bits per heavy atom. The van der Waals surface area contributed by atoms with Crippen LogP contribution in [0.2, 0.25) is 0 Å². The highest BCUT2D eigenvalue weighted by Crippen LogP contribution is 2.49. The van der Waals surface area contributed by atoms with Crippen LogP contribution in [0.1, 0.15) is 12.0 Å². The normalized spacial score (nSPS) is 27.2. The molecule has 0 saturated heterocycles. The summed E-state index contributed by atoms with van der Waals surface area (Å²) in [5.74, 6) is 0.0647. The van der Waals surface area contributed by atoms with E-state index in [-0.39, 0.29) is 5.91 Å². The lowest BCUT2D eigenvalue weighted by molar-refractivity contribution is -0.124. The maximum absolute atomic E-state index is 12.5. The van der Waals surface area contributed by atoms with Crippen molar-refractivity contribution in [3.8, 4) is 0 Å². The molecule has 1 aromatic rings. The van der Waals surface area contributed by atoms with E-state index in [2.05, 4.69) is 16.3 Å². The molecule has 3 heteroatoms. The van der Waals surface area contributed by atoms with Crippen molar-refractivity contribution in [3.63, 3.8) is 0 Å². The van der Waals surface area contributed by atoms with Crippen LogP contribution in [-0.4, -0.2) is 10.8 Å². The fraction of sp³-hybridized carbons (Fsp3) is 0.133. The summed E-state index contributed by atoms with van der Waals surface area (Å²) < 4.78 is 0. The van der Waals surface area contributed by atoms with Crippen LogP contribution in [0.3, 0.4) is 0 Å². The molecule has 1 aromatic carbocycles. The number of fused-ring (bicyclic) bond motifs is 4. The number of para-hydroxylation sites is 1. The van der Waals surface area contributed by atoms with Gasteiger partial charge in [0.25, 0.3) is 5.91 Å². The summed E-state index contributed by atoms with van der Waals surface area (Å²) in [6.07, 6.45) is 10.9. The molecule has 3 nitrogen and oxygen atoms in total. The van der Waals surface area contributed by atoms with Crippen molar-refractivity contribution in [2.75, 3.05) is 5.32 Å². The van der Waals surface area contributed by atoms with E-state index < -0.39 is 5.54 Å². The molecule has 1 spiro atoms. The van der Waals surface area contributed by atoms with Gasteiger partial charge in [0.1, 0.15) is 0 Å². The number of rotatable bonds is 0. The molecule has 3 heterocycles. The third-order valence-electron chi connectivity index (χ3n) is 3.91. The quantitative estimate of drug-likeness (QED) is 0.750. The molecule has 0 saturated carbocycles. The lowest BCUT2D eigenvalue weighted by atomic mass is 9.88. The zero-order valence-corrected chi connectivity index (χ0v) is 9.76. The molecule has 0 radical (unpaired) electrons. The fourth-order valence-corrected chi connectivity index (χ4v) is 3.06. The molecule has 0 aliphatic carbocycles. The minimum Gasteiger partial charge on any atom is -0.329 e. The molecule has 1 unspecified atom stereocenters. The molecule has 1 N–H and O–H groups in total. The highest BCUT2D eigenvalue weighted by molar-refractivity contribution is 6.06. The SMILES string of the molecule is O=C1Nc2ccccc2C12CC=C1C=CC=CN12. The van der Waals surface area contributed by atoms with Gasteiger partial charge in [0, 0.05) is 29.6 Å². The van der Waals surface area contributed by atoms with E-state index in [1.165, 1.54) is 0 Å². The van der Waals surface area contributed by atoms with Crippen LogP contribution in [0, 0.1) is 0 Å². The standard InChI is InChI=1S/C15H12N2O/c18-14-15(12-6-1-2-7-13(12)16-14)9-8-11-5-3-4-10-17(11)15/h1-8,10H,9H2,(H,16,18). The van der Waals surface area contributed by atoms with E-state index in [9.17, 15) is 4.79 Å². The highest BCUT2D eigenvalue weighted by Gasteiger charge is 2.53. The van der Waals surface area contributed by atoms with Crippen LogP contribution in [0.5, 0.6) is 0 Å². The molecule has 3 aliphatic rings. The predicted molar refractivity (Wildman–Crippen MR) is 69.6 cm³/mol. The molecule has 4 rings (SSSR count). The van der Waals surface area contributed by atoms with Gasteiger partial charge < -0.3 is 10.2 Å². The molecule has 0 fully saturated rings. The Morgan fingerprint density at radius 3 is 3.06 bits per heavy atom. The molecule has 0 aromatic heterocycles. The first-order chi connectivity index (χ1) is 8.82. The van der Waals surface area contributed by atoms with Crippen LogP contribution in [0.4, 0.5) is 5.69 Å². The van der Waals surface area contributed by atoms with Gasteiger partial charge in [0.05, 0.1) is 0 Å². The van der Waals surface area contributed by atoms with Crippen LogP contribution in [-0.2, 0) is 10.3 Å². The van der Waals surface area contributed by atoms with Gasteiger partial charge in [0.2, 0.25) is 0 Å². The first-order valence-electron chi connectivity index (χ1n) is 6.08. The van der Waals surface area contributed by atoms with Gasteiger partial charge in [-0.2, -0.15) is 0 Å². The summed E-state index contributed by atoms with van der Waals surface area (Å²) in [6.45, 7) is 0. The second-order valence-electron chi connectivity index (χ2n) is 4.76. The first kappa shape index (κ1) is 9.71. The van der Waals surface area contributed by atoms with E-state index in [0.29, 0.717) is 0 Å². The molecule has 88 valence electrons. The Balaban J connectivity index is 1.93. The van der Waals surface area contributed by atoms with E-state index in [1.54, 1.807) is 0 Å². The number of amides is 1. The van der Waals surface area contributed by atoms with E-state index in [0.717, 1.165) is 23.4 Å². The van der Waals surface area contributed by atoms with Crippen molar-refractivity contribution in [1.82, 2.24) is 4.90 Å². The Bertz CT molecular complexity index is 642. The zero-order chi connectivity index (χ0) is 12.2. The maximum Gasteiger partial charge on any atom is 0.255 e. The van der Waals surface area contributed by atoms with Gasteiger partial charge >= 0.3 is 0 Å². The van der Waals surface area contributed by atoms with Crippen LogP contribution in [0.15, 0.2) is 60.5 Å².